The standard InChI is InChI=1S/C22H18F6N2O2/c1-12(31)29-18-8-6-13-9-14(5-7-17(13)18)19-11-20(32-30-19,22(26,27)28)15-3-2-4-16(10-15)21(23,24)25/h2-5,7,9-10,18H,6,8,11H2,1H3,(H,29,31). The van der Waals surface area contributed by atoms with Gasteiger partial charge in [0.2, 0.25) is 5.91 Å². The quantitative estimate of drug-likeness (QED) is 0.628. The zero-order valence-electron chi connectivity index (χ0n) is 16.8. The van der Waals surface area contributed by atoms with Gasteiger partial charge < -0.3 is 10.2 Å². The van der Waals surface area contributed by atoms with Crippen molar-refractivity contribution in [3.8, 4) is 0 Å². The number of halogens is 6. The van der Waals surface area contributed by atoms with Crippen LogP contribution in [-0.2, 0) is 27.8 Å². The van der Waals surface area contributed by atoms with Crippen LogP contribution in [0.3, 0.4) is 0 Å². The fraction of sp³-hybridized carbons (Fsp3) is 0.364. The molecule has 2 aromatic carbocycles. The van der Waals surface area contributed by atoms with Gasteiger partial charge in [0.15, 0.2) is 0 Å². The van der Waals surface area contributed by atoms with Crippen molar-refractivity contribution in [2.24, 2.45) is 5.16 Å². The van der Waals surface area contributed by atoms with E-state index in [-0.39, 0.29) is 17.7 Å². The number of carbonyl (C=O) groups is 1. The van der Waals surface area contributed by atoms with Crippen LogP contribution in [0.1, 0.15) is 53.6 Å². The molecule has 0 aromatic heterocycles. The Balaban J connectivity index is 1.66. The van der Waals surface area contributed by atoms with Crippen molar-refractivity contribution < 1.29 is 36.0 Å². The molecule has 2 aromatic rings. The lowest BCUT2D eigenvalue weighted by molar-refractivity contribution is -0.276. The second-order valence-electron chi connectivity index (χ2n) is 7.91. The summed E-state index contributed by atoms with van der Waals surface area (Å²) in [5.41, 5.74) is -2.74. The molecule has 0 radical (unpaired) electrons. The number of aryl methyl sites for hydroxylation is 1. The van der Waals surface area contributed by atoms with E-state index in [0.29, 0.717) is 30.5 Å². The highest BCUT2D eigenvalue weighted by atomic mass is 19.4. The maximum absolute atomic E-state index is 14.1. The van der Waals surface area contributed by atoms with Gasteiger partial charge in [-0.2, -0.15) is 26.3 Å². The summed E-state index contributed by atoms with van der Waals surface area (Å²) in [7, 11) is 0. The minimum absolute atomic E-state index is 0.00878. The summed E-state index contributed by atoms with van der Waals surface area (Å²) in [4.78, 5) is 16.2. The Morgan fingerprint density at radius 1 is 1.12 bits per heavy atom. The number of hydrogen-bond acceptors (Lipinski definition) is 3. The minimum Gasteiger partial charge on any atom is -0.374 e. The normalized spacial score (nSPS) is 22.8. The molecule has 1 amide bonds. The summed E-state index contributed by atoms with van der Waals surface area (Å²) in [6, 6.07) is 7.86. The number of carbonyl (C=O) groups excluding carboxylic acids is 1. The number of alkyl halides is 6. The molecule has 0 bridgehead atoms. The molecular weight excluding hydrogens is 438 g/mol. The van der Waals surface area contributed by atoms with Crippen LogP contribution in [0.2, 0.25) is 0 Å². The summed E-state index contributed by atoms with van der Waals surface area (Å²) in [6.07, 6.45) is -9.27. The van der Waals surface area contributed by atoms with Crippen molar-refractivity contribution in [3.05, 3.63) is 70.3 Å². The molecule has 10 heteroatoms. The Hall–Kier alpha value is -3.04. The maximum Gasteiger partial charge on any atom is 0.435 e. The van der Waals surface area contributed by atoms with Crippen LogP contribution in [0.25, 0.3) is 0 Å². The van der Waals surface area contributed by atoms with Gasteiger partial charge in [0.05, 0.1) is 17.3 Å². The molecule has 0 spiro atoms. The first-order chi connectivity index (χ1) is 14.9. The van der Waals surface area contributed by atoms with Crippen molar-refractivity contribution in [3.63, 3.8) is 0 Å². The van der Waals surface area contributed by atoms with Gasteiger partial charge in [-0.15, -0.1) is 0 Å². The average Bonchev–Trinajstić information content (AvgIpc) is 3.32. The monoisotopic (exact) mass is 456 g/mol. The first kappa shape index (κ1) is 22.2. The number of amides is 1. The highest BCUT2D eigenvalue weighted by Crippen LogP contribution is 2.49. The largest absolute Gasteiger partial charge is 0.435 e. The lowest BCUT2D eigenvalue weighted by Crippen LogP contribution is -2.42. The van der Waals surface area contributed by atoms with Crippen LogP contribution in [0.4, 0.5) is 26.3 Å². The van der Waals surface area contributed by atoms with E-state index in [1.807, 2.05) is 0 Å². The third-order valence-corrected chi connectivity index (χ3v) is 5.77. The molecule has 4 rings (SSSR count). The average molecular weight is 456 g/mol. The zero-order valence-corrected chi connectivity index (χ0v) is 16.8. The van der Waals surface area contributed by atoms with Crippen LogP contribution in [0.15, 0.2) is 47.6 Å². The molecule has 1 aliphatic carbocycles. The van der Waals surface area contributed by atoms with Crippen LogP contribution < -0.4 is 5.32 Å². The second-order valence-corrected chi connectivity index (χ2v) is 7.91. The van der Waals surface area contributed by atoms with E-state index in [4.69, 9.17) is 4.84 Å². The molecule has 1 heterocycles. The number of nitrogens with one attached hydrogen (secondary N) is 1. The Morgan fingerprint density at radius 2 is 1.88 bits per heavy atom. The fourth-order valence-corrected chi connectivity index (χ4v) is 4.20. The topological polar surface area (TPSA) is 50.7 Å². The highest BCUT2D eigenvalue weighted by molar-refractivity contribution is 6.02. The second kappa shape index (κ2) is 7.53. The summed E-state index contributed by atoms with van der Waals surface area (Å²) in [6.45, 7) is 1.40. The van der Waals surface area contributed by atoms with Crippen molar-refractivity contribution in [1.29, 1.82) is 0 Å². The molecule has 0 saturated heterocycles. The minimum atomic E-state index is -5.00. The molecule has 1 N–H and O–H groups in total. The van der Waals surface area contributed by atoms with Crippen LogP contribution >= 0.6 is 0 Å². The van der Waals surface area contributed by atoms with Crippen LogP contribution in [0.5, 0.6) is 0 Å². The Labute approximate surface area is 179 Å². The van der Waals surface area contributed by atoms with E-state index in [0.717, 1.165) is 23.3 Å². The molecule has 0 fully saturated rings. The Morgan fingerprint density at radius 3 is 2.53 bits per heavy atom. The molecule has 2 unspecified atom stereocenters. The number of nitrogens with zero attached hydrogens (tertiary/aromatic N) is 1. The molecule has 2 atom stereocenters. The van der Waals surface area contributed by atoms with Crippen LogP contribution in [-0.4, -0.2) is 17.8 Å². The Bertz CT molecular complexity index is 1090. The number of hydrogen-bond donors (Lipinski definition) is 1. The summed E-state index contributed by atoms with van der Waals surface area (Å²) >= 11 is 0. The van der Waals surface area contributed by atoms with Crippen molar-refractivity contribution in [2.45, 2.75) is 50.2 Å². The molecule has 170 valence electrons. The van der Waals surface area contributed by atoms with E-state index < -0.39 is 35.5 Å². The lowest BCUT2D eigenvalue weighted by atomic mass is 9.85. The predicted molar refractivity (Wildman–Crippen MR) is 103 cm³/mol. The van der Waals surface area contributed by atoms with Gasteiger partial charge in [0.25, 0.3) is 5.60 Å². The van der Waals surface area contributed by atoms with Gasteiger partial charge in [0.1, 0.15) is 0 Å². The van der Waals surface area contributed by atoms with Gasteiger partial charge in [-0.05, 0) is 47.7 Å². The van der Waals surface area contributed by atoms with E-state index in [1.165, 1.54) is 6.92 Å². The molecule has 1 aliphatic heterocycles. The summed E-state index contributed by atoms with van der Waals surface area (Å²) in [5, 5.41) is 6.46. The van der Waals surface area contributed by atoms with Crippen molar-refractivity contribution >= 4 is 11.6 Å². The smallest absolute Gasteiger partial charge is 0.374 e. The number of benzene rings is 2. The van der Waals surface area contributed by atoms with Gasteiger partial charge in [-0.3, -0.25) is 4.79 Å². The molecule has 0 saturated carbocycles. The van der Waals surface area contributed by atoms with Gasteiger partial charge in [0, 0.05) is 18.9 Å². The first-order valence-corrected chi connectivity index (χ1v) is 9.80. The maximum atomic E-state index is 14.1. The molecule has 2 aliphatic rings. The van der Waals surface area contributed by atoms with Crippen molar-refractivity contribution in [2.75, 3.05) is 0 Å². The zero-order chi connectivity index (χ0) is 23.3. The third kappa shape index (κ3) is 3.82. The highest BCUT2D eigenvalue weighted by Gasteiger charge is 2.62. The van der Waals surface area contributed by atoms with Gasteiger partial charge >= 0.3 is 12.4 Å². The Kier molecular flexibility index (Phi) is 5.21. The van der Waals surface area contributed by atoms with E-state index in [9.17, 15) is 31.1 Å². The van der Waals surface area contributed by atoms with Crippen molar-refractivity contribution in [1.82, 2.24) is 5.32 Å². The number of rotatable bonds is 3. The fourth-order valence-electron chi connectivity index (χ4n) is 4.20. The number of fused-ring (bicyclic) bond motifs is 1. The lowest BCUT2D eigenvalue weighted by Gasteiger charge is -2.30. The van der Waals surface area contributed by atoms with Gasteiger partial charge in [-0.1, -0.05) is 29.4 Å². The van der Waals surface area contributed by atoms with E-state index >= 15 is 0 Å². The van der Waals surface area contributed by atoms with Crippen LogP contribution in [0, 0.1) is 0 Å². The van der Waals surface area contributed by atoms with E-state index in [2.05, 4.69) is 10.5 Å². The first-order valence-electron chi connectivity index (χ1n) is 9.80. The third-order valence-electron chi connectivity index (χ3n) is 5.77. The predicted octanol–water partition coefficient (Wildman–Crippen LogP) is 5.41. The summed E-state index contributed by atoms with van der Waals surface area (Å²) < 4.78 is 81.5. The number of oxime groups is 1. The van der Waals surface area contributed by atoms with Gasteiger partial charge in [-0.25, -0.2) is 0 Å². The van der Waals surface area contributed by atoms with E-state index in [1.54, 1.807) is 18.2 Å². The summed E-state index contributed by atoms with van der Waals surface area (Å²) in [5.74, 6) is -0.184. The molecular formula is C22H18F6N2O2. The molecule has 32 heavy (non-hydrogen) atoms. The SMILES string of the molecule is CC(=O)NC1CCc2cc(C3=NOC(c4cccc(C(F)(F)F)c4)(C(F)(F)F)C3)ccc21. The molecule has 4 nitrogen and oxygen atoms in total.